The van der Waals surface area contributed by atoms with Crippen molar-refractivity contribution in [1.29, 1.82) is 0 Å². The smallest absolute Gasteiger partial charge is 0.290 e. The number of aliphatic hydroxyl groups is 1. The first-order valence-electron chi connectivity index (χ1n) is 8.77. The van der Waals surface area contributed by atoms with Crippen LogP contribution in [0.1, 0.15) is 28.6 Å². The van der Waals surface area contributed by atoms with Crippen molar-refractivity contribution in [2.45, 2.75) is 12.5 Å². The van der Waals surface area contributed by atoms with E-state index in [9.17, 15) is 19.1 Å². The van der Waals surface area contributed by atoms with E-state index in [1.54, 1.807) is 6.07 Å². The number of carbonyl (C=O) groups is 2. The van der Waals surface area contributed by atoms with Crippen molar-refractivity contribution in [2.75, 3.05) is 27.2 Å². The number of hydrogen-bond acceptors (Lipinski definition) is 4. The van der Waals surface area contributed by atoms with Crippen LogP contribution < -0.4 is 4.90 Å². The van der Waals surface area contributed by atoms with Crippen molar-refractivity contribution in [2.24, 2.45) is 0 Å². The van der Waals surface area contributed by atoms with E-state index in [4.69, 9.17) is 4.42 Å². The minimum atomic E-state index is -0.784. The van der Waals surface area contributed by atoms with Gasteiger partial charge in [0.1, 0.15) is 5.82 Å². The zero-order valence-corrected chi connectivity index (χ0v) is 15.2. The van der Waals surface area contributed by atoms with Crippen molar-refractivity contribution < 1.29 is 28.4 Å². The van der Waals surface area contributed by atoms with Gasteiger partial charge in [0.2, 0.25) is 5.78 Å². The van der Waals surface area contributed by atoms with Crippen molar-refractivity contribution in [3.8, 4) is 0 Å². The minimum Gasteiger partial charge on any atom is -0.503 e. The Morgan fingerprint density at radius 3 is 2.56 bits per heavy atom. The molecule has 1 aliphatic rings. The number of amides is 1. The van der Waals surface area contributed by atoms with Gasteiger partial charge in [-0.2, -0.15) is 0 Å². The molecule has 0 aliphatic carbocycles. The quantitative estimate of drug-likeness (QED) is 0.722. The van der Waals surface area contributed by atoms with Gasteiger partial charge in [0, 0.05) is 13.0 Å². The van der Waals surface area contributed by atoms with Crippen LogP contribution in [0.4, 0.5) is 4.39 Å². The van der Waals surface area contributed by atoms with E-state index in [1.165, 1.54) is 46.4 Å². The molecule has 0 bridgehead atoms. The second-order valence-corrected chi connectivity index (χ2v) is 6.83. The van der Waals surface area contributed by atoms with Gasteiger partial charge in [-0.3, -0.25) is 9.59 Å². The van der Waals surface area contributed by atoms with Crippen LogP contribution in [0.2, 0.25) is 0 Å². The van der Waals surface area contributed by atoms with Crippen LogP contribution >= 0.6 is 0 Å². The van der Waals surface area contributed by atoms with Gasteiger partial charge in [-0.1, -0.05) is 12.1 Å². The molecule has 1 atom stereocenters. The summed E-state index contributed by atoms with van der Waals surface area (Å²) in [6.45, 7) is 1.19. The van der Waals surface area contributed by atoms with Crippen molar-refractivity contribution >= 4 is 11.7 Å². The van der Waals surface area contributed by atoms with Gasteiger partial charge in [0.15, 0.2) is 11.5 Å². The van der Waals surface area contributed by atoms with E-state index in [2.05, 4.69) is 0 Å². The van der Waals surface area contributed by atoms with Gasteiger partial charge < -0.3 is 19.3 Å². The summed E-state index contributed by atoms with van der Waals surface area (Å²) in [6.07, 6.45) is 2.05. The van der Waals surface area contributed by atoms with E-state index >= 15 is 0 Å². The molecule has 142 valence electrons. The molecule has 3 rings (SSSR count). The van der Waals surface area contributed by atoms with Crippen molar-refractivity contribution in [1.82, 2.24) is 4.90 Å². The van der Waals surface area contributed by atoms with Crippen molar-refractivity contribution in [3.05, 3.63) is 71.1 Å². The molecular weight excluding hydrogens is 351 g/mol. The highest BCUT2D eigenvalue weighted by Gasteiger charge is 2.44. The third kappa shape index (κ3) is 3.78. The maximum absolute atomic E-state index is 13.4. The Morgan fingerprint density at radius 2 is 1.96 bits per heavy atom. The first-order chi connectivity index (χ1) is 12.9. The van der Waals surface area contributed by atoms with E-state index in [0.29, 0.717) is 18.5 Å². The summed E-state index contributed by atoms with van der Waals surface area (Å²) < 4.78 is 18.5. The normalized spacial score (nSPS) is 17.3. The van der Waals surface area contributed by atoms with Gasteiger partial charge in [0.25, 0.3) is 5.91 Å². The summed E-state index contributed by atoms with van der Waals surface area (Å²) in [5.74, 6) is -2.12. The van der Waals surface area contributed by atoms with Crippen LogP contribution in [0.5, 0.6) is 0 Å². The number of benzene rings is 1. The van der Waals surface area contributed by atoms with Crippen LogP contribution in [-0.4, -0.2) is 48.9 Å². The van der Waals surface area contributed by atoms with Crippen LogP contribution in [0.25, 0.3) is 0 Å². The lowest BCUT2D eigenvalue weighted by Gasteiger charge is -2.26. The Kier molecular flexibility index (Phi) is 5.41. The number of nitrogens with zero attached hydrogens (tertiary/aromatic N) is 1. The molecular formula is C20H22FN2O4+. The van der Waals surface area contributed by atoms with Crippen LogP contribution in [0, 0.1) is 5.82 Å². The number of quaternary nitrogens is 1. The molecule has 0 radical (unpaired) electrons. The number of aliphatic hydroxyl groups excluding tert-OH is 1. The highest BCUT2D eigenvalue weighted by Crippen LogP contribution is 2.39. The Labute approximate surface area is 156 Å². The average molecular weight is 373 g/mol. The molecule has 1 amide bonds. The van der Waals surface area contributed by atoms with E-state index in [0.717, 1.165) is 6.54 Å². The van der Waals surface area contributed by atoms with E-state index in [-0.39, 0.29) is 11.3 Å². The fourth-order valence-corrected chi connectivity index (χ4v) is 3.25. The Hall–Kier alpha value is -2.93. The molecule has 1 aliphatic heterocycles. The van der Waals surface area contributed by atoms with Gasteiger partial charge >= 0.3 is 0 Å². The second-order valence-electron chi connectivity index (χ2n) is 6.83. The molecule has 1 aromatic carbocycles. The fourth-order valence-electron chi connectivity index (χ4n) is 3.25. The largest absolute Gasteiger partial charge is 0.503 e. The van der Waals surface area contributed by atoms with Crippen LogP contribution in [-0.2, 0) is 4.79 Å². The Morgan fingerprint density at radius 1 is 1.26 bits per heavy atom. The molecule has 27 heavy (non-hydrogen) atoms. The van der Waals surface area contributed by atoms with Crippen molar-refractivity contribution in [3.63, 3.8) is 0 Å². The topological polar surface area (TPSA) is 75.2 Å². The fraction of sp³-hybridized carbons (Fsp3) is 0.300. The lowest BCUT2D eigenvalue weighted by Crippen LogP contribution is -3.05. The standard InChI is InChI=1S/C20H21FN2O4/c1-22(2)10-4-11-23-17(13-6-8-14(21)9-7-13)16(19(25)20(23)26)18(24)15-5-3-12-27-15/h3,5-9,12,17,25H,4,10-11H2,1-2H3/p+1/t17-/m1/s1. The summed E-state index contributed by atoms with van der Waals surface area (Å²) >= 11 is 0. The number of ketones is 1. The molecule has 7 heteroatoms. The van der Waals surface area contributed by atoms with Crippen LogP contribution in [0.15, 0.2) is 58.4 Å². The molecule has 1 aromatic heterocycles. The number of furan rings is 1. The average Bonchev–Trinajstić information content (AvgIpc) is 3.25. The third-order valence-electron chi connectivity index (χ3n) is 4.55. The highest BCUT2D eigenvalue weighted by atomic mass is 19.1. The molecule has 2 aromatic rings. The maximum Gasteiger partial charge on any atom is 0.290 e. The number of Topliss-reactive ketones (excluding diaryl/α,β-unsaturated/α-hetero) is 1. The number of rotatable bonds is 7. The lowest BCUT2D eigenvalue weighted by atomic mass is 9.95. The number of hydrogen-bond donors (Lipinski definition) is 2. The number of halogens is 1. The zero-order valence-electron chi connectivity index (χ0n) is 15.2. The molecule has 0 unspecified atom stereocenters. The molecule has 0 saturated heterocycles. The molecule has 0 fully saturated rings. The minimum absolute atomic E-state index is 0.0380. The predicted octanol–water partition coefficient (Wildman–Crippen LogP) is 1.53. The summed E-state index contributed by atoms with van der Waals surface area (Å²) in [6, 6.07) is 7.84. The van der Waals surface area contributed by atoms with Gasteiger partial charge in [0.05, 0.1) is 38.5 Å². The van der Waals surface area contributed by atoms with E-state index < -0.39 is 29.3 Å². The summed E-state index contributed by atoms with van der Waals surface area (Å²) in [4.78, 5) is 28.2. The highest BCUT2D eigenvalue weighted by molar-refractivity contribution is 6.14. The summed E-state index contributed by atoms with van der Waals surface area (Å²) in [5.41, 5.74) is 0.514. The Balaban J connectivity index is 1.99. The molecule has 0 spiro atoms. The maximum atomic E-state index is 13.4. The molecule has 0 saturated carbocycles. The molecule has 2 N–H and O–H groups in total. The molecule has 6 nitrogen and oxygen atoms in total. The van der Waals surface area contributed by atoms with Gasteiger partial charge in [-0.15, -0.1) is 0 Å². The summed E-state index contributed by atoms with van der Waals surface area (Å²) in [5, 5.41) is 10.4. The lowest BCUT2D eigenvalue weighted by molar-refractivity contribution is -0.858. The monoisotopic (exact) mass is 373 g/mol. The zero-order chi connectivity index (χ0) is 19.6. The number of nitrogens with one attached hydrogen (secondary N) is 1. The Bertz CT molecular complexity index is 857. The van der Waals surface area contributed by atoms with Gasteiger partial charge in [-0.25, -0.2) is 4.39 Å². The van der Waals surface area contributed by atoms with E-state index in [1.807, 2.05) is 14.1 Å². The third-order valence-corrected chi connectivity index (χ3v) is 4.55. The predicted molar refractivity (Wildman–Crippen MR) is 95.8 cm³/mol. The summed E-state index contributed by atoms with van der Waals surface area (Å²) in [7, 11) is 4.01. The van der Waals surface area contributed by atoms with Crippen LogP contribution in [0.3, 0.4) is 0 Å². The second kappa shape index (κ2) is 7.75. The van der Waals surface area contributed by atoms with Gasteiger partial charge in [-0.05, 0) is 29.8 Å². The first-order valence-corrected chi connectivity index (χ1v) is 8.77. The molecule has 2 heterocycles. The SMILES string of the molecule is C[NH+](C)CCCN1C(=O)C(O)=C(C(=O)c2ccco2)[C@H]1c1ccc(F)cc1. The number of carbonyl (C=O) groups excluding carboxylic acids is 2. The first kappa shape index (κ1) is 18.8.